The SMILES string of the molecule is Cl.NC1CCC(C(=O)Nc2ccc(CN3C(=O)Cc4ccc(Cl)cc43)cc2)C1. The minimum atomic E-state index is 0. The number of anilines is 2. The first-order valence-corrected chi connectivity index (χ1v) is 9.61. The third-order valence-corrected chi connectivity index (χ3v) is 5.62. The van der Waals surface area contributed by atoms with E-state index < -0.39 is 0 Å². The molecule has 2 aliphatic rings. The summed E-state index contributed by atoms with van der Waals surface area (Å²) in [5.41, 5.74) is 9.53. The second-order valence-electron chi connectivity index (χ2n) is 7.39. The summed E-state index contributed by atoms with van der Waals surface area (Å²) in [4.78, 5) is 26.4. The molecular weight excluding hydrogens is 397 g/mol. The highest BCUT2D eigenvalue weighted by atomic mass is 35.5. The number of nitrogens with zero attached hydrogens (tertiary/aromatic N) is 1. The normalized spacial score (nSPS) is 20.6. The second kappa shape index (κ2) is 8.52. The number of nitrogens with two attached hydrogens (primary N) is 1. The maximum Gasteiger partial charge on any atom is 0.231 e. The number of rotatable bonds is 4. The molecule has 0 radical (unpaired) electrons. The van der Waals surface area contributed by atoms with Crippen LogP contribution in [0.3, 0.4) is 0 Å². The Kier molecular flexibility index (Phi) is 6.28. The highest BCUT2D eigenvalue weighted by Gasteiger charge is 2.28. The molecule has 3 N–H and O–H groups in total. The molecule has 1 aliphatic carbocycles. The van der Waals surface area contributed by atoms with E-state index in [-0.39, 0.29) is 36.2 Å². The van der Waals surface area contributed by atoms with Crippen molar-refractivity contribution in [1.82, 2.24) is 0 Å². The van der Waals surface area contributed by atoms with Crippen molar-refractivity contribution in [2.24, 2.45) is 11.7 Å². The molecule has 2 amide bonds. The zero-order chi connectivity index (χ0) is 19.0. The van der Waals surface area contributed by atoms with E-state index in [2.05, 4.69) is 5.32 Å². The van der Waals surface area contributed by atoms with E-state index in [0.29, 0.717) is 18.0 Å². The number of hydrogen-bond acceptors (Lipinski definition) is 3. The van der Waals surface area contributed by atoms with Crippen LogP contribution >= 0.6 is 24.0 Å². The summed E-state index contributed by atoms with van der Waals surface area (Å²) in [7, 11) is 0. The Labute approximate surface area is 175 Å². The Morgan fingerprint density at radius 1 is 1.18 bits per heavy atom. The zero-order valence-corrected chi connectivity index (χ0v) is 16.9. The second-order valence-corrected chi connectivity index (χ2v) is 7.82. The van der Waals surface area contributed by atoms with Crippen molar-refractivity contribution in [2.45, 2.75) is 38.3 Å². The molecule has 0 spiro atoms. The van der Waals surface area contributed by atoms with Crippen molar-refractivity contribution in [1.29, 1.82) is 0 Å². The molecule has 28 heavy (non-hydrogen) atoms. The Morgan fingerprint density at radius 2 is 1.93 bits per heavy atom. The molecule has 0 saturated heterocycles. The topological polar surface area (TPSA) is 75.4 Å². The largest absolute Gasteiger partial charge is 0.328 e. The highest BCUT2D eigenvalue weighted by Crippen LogP contribution is 2.33. The molecular formula is C21H23Cl2N3O2. The fraction of sp³-hybridized carbons (Fsp3) is 0.333. The van der Waals surface area contributed by atoms with Gasteiger partial charge in [-0.15, -0.1) is 12.4 Å². The van der Waals surface area contributed by atoms with Gasteiger partial charge in [-0.3, -0.25) is 9.59 Å². The Balaban J connectivity index is 0.00000225. The standard InChI is InChI=1S/C21H22ClN3O2.ClH/c22-16-5-3-14-10-20(26)25(19(14)11-16)12-13-1-7-18(8-2-13)24-21(27)15-4-6-17(23)9-15;/h1-3,5,7-8,11,15,17H,4,6,9-10,12,23H2,(H,24,27);1H. The molecule has 0 bridgehead atoms. The molecule has 1 heterocycles. The number of fused-ring (bicyclic) bond motifs is 1. The number of hydrogen-bond donors (Lipinski definition) is 2. The van der Waals surface area contributed by atoms with Gasteiger partial charge in [0.2, 0.25) is 11.8 Å². The predicted molar refractivity (Wildman–Crippen MR) is 114 cm³/mol. The lowest BCUT2D eigenvalue weighted by Crippen LogP contribution is -2.26. The van der Waals surface area contributed by atoms with Gasteiger partial charge in [-0.25, -0.2) is 0 Å². The summed E-state index contributed by atoms with van der Waals surface area (Å²) in [6, 6.07) is 13.3. The Hall–Kier alpha value is -2.08. The monoisotopic (exact) mass is 419 g/mol. The zero-order valence-electron chi connectivity index (χ0n) is 15.4. The van der Waals surface area contributed by atoms with E-state index in [1.54, 1.807) is 4.90 Å². The van der Waals surface area contributed by atoms with Gasteiger partial charge < -0.3 is 16.0 Å². The van der Waals surface area contributed by atoms with E-state index in [1.165, 1.54) is 0 Å². The van der Waals surface area contributed by atoms with Gasteiger partial charge in [0.15, 0.2) is 0 Å². The van der Waals surface area contributed by atoms with Crippen molar-refractivity contribution in [3.63, 3.8) is 0 Å². The van der Waals surface area contributed by atoms with Crippen LogP contribution in [0.2, 0.25) is 5.02 Å². The number of halogens is 2. The maximum absolute atomic E-state index is 12.3. The minimum absolute atomic E-state index is 0. The average molecular weight is 420 g/mol. The van der Waals surface area contributed by atoms with Crippen LogP contribution in [0.25, 0.3) is 0 Å². The van der Waals surface area contributed by atoms with Crippen LogP contribution in [-0.2, 0) is 22.6 Å². The first-order valence-electron chi connectivity index (χ1n) is 9.24. The molecule has 5 nitrogen and oxygen atoms in total. The quantitative estimate of drug-likeness (QED) is 0.788. The van der Waals surface area contributed by atoms with Crippen LogP contribution in [0, 0.1) is 5.92 Å². The molecule has 2 unspecified atom stereocenters. The fourth-order valence-corrected chi connectivity index (χ4v) is 4.05. The van der Waals surface area contributed by atoms with Crippen LogP contribution < -0.4 is 16.0 Å². The summed E-state index contributed by atoms with van der Waals surface area (Å²) < 4.78 is 0. The molecule has 2 aromatic carbocycles. The molecule has 148 valence electrons. The van der Waals surface area contributed by atoms with Crippen LogP contribution in [-0.4, -0.2) is 17.9 Å². The van der Waals surface area contributed by atoms with Crippen LogP contribution in [0.15, 0.2) is 42.5 Å². The van der Waals surface area contributed by atoms with E-state index in [1.807, 2.05) is 42.5 Å². The van der Waals surface area contributed by atoms with E-state index in [9.17, 15) is 9.59 Å². The third kappa shape index (κ3) is 4.32. The number of amides is 2. The lowest BCUT2D eigenvalue weighted by atomic mass is 10.1. The van der Waals surface area contributed by atoms with Gasteiger partial charge in [-0.05, 0) is 54.7 Å². The first-order chi connectivity index (χ1) is 13.0. The van der Waals surface area contributed by atoms with Gasteiger partial charge in [0.05, 0.1) is 13.0 Å². The number of nitrogens with one attached hydrogen (secondary N) is 1. The summed E-state index contributed by atoms with van der Waals surface area (Å²) in [5.74, 6) is 0.111. The lowest BCUT2D eigenvalue weighted by molar-refractivity contribution is -0.119. The Morgan fingerprint density at radius 3 is 2.61 bits per heavy atom. The van der Waals surface area contributed by atoms with Crippen molar-refractivity contribution in [3.8, 4) is 0 Å². The Bertz CT molecular complexity index is 886. The van der Waals surface area contributed by atoms with Gasteiger partial charge in [-0.2, -0.15) is 0 Å². The van der Waals surface area contributed by atoms with Crippen LogP contribution in [0.4, 0.5) is 11.4 Å². The van der Waals surface area contributed by atoms with Crippen molar-refractivity contribution >= 4 is 47.2 Å². The van der Waals surface area contributed by atoms with Gasteiger partial charge in [0.25, 0.3) is 0 Å². The minimum Gasteiger partial charge on any atom is -0.328 e. The van der Waals surface area contributed by atoms with Crippen LogP contribution in [0.5, 0.6) is 0 Å². The average Bonchev–Trinajstić information content (AvgIpc) is 3.21. The number of carbonyl (C=O) groups excluding carboxylic acids is 2. The molecule has 2 aromatic rings. The smallest absolute Gasteiger partial charge is 0.231 e. The molecule has 4 rings (SSSR count). The van der Waals surface area contributed by atoms with E-state index in [4.69, 9.17) is 17.3 Å². The summed E-state index contributed by atoms with van der Waals surface area (Å²) in [6.07, 6.45) is 2.92. The molecule has 2 atom stereocenters. The molecule has 1 fully saturated rings. The van der Waals surface area contributed by atoms with Gasteiger partial charge in [0.1, 0.15) is 0 Å². The van der Waals surface area contributed by atoms with E-state index in [0.717, 1.165) is 41.8 Å². The van der Waals surface area contributed by atoms with Crippen LogP contribution in [0.1, 0.15) is 30.4 Å². The summed E-state index contributed by atoms with van der Waals surface area (Å²) in [6.45, 7) is 0.484. The first kappa shape index (κ1) is 20.6. The lowest BCUT2D eigenvalue weighted by Gasteiger charge is -2.18. The predicted octanol–water partition coefficient (Wildman–Crippen LogP) is 3.92. The highest BCUT2D eigenvalue weighted by molar-refractivity contribution is 6.31. The van der Waals surface area contributed by atoms with Gasteiger partial charge in [-0.1, -0.05) is 29.8 Å². The van der Waals surface area contributed by atoms with Crippen molar-refractivity contribution < 1.29 is 9.59 Å². The van der Waals surface area contributed by atoms with Crippen molar-refractivity contribution in [2.75, 3.05) is 10.2 Å². The summed E-state index contributed by atoms with van der Waals surface area (Å²) in [5, 5.41) is 3.59. The molecule has 0 aromatic heterocycles. The number of benzene rings is 2. The molecule has 1 aliphatic heterocycles. The number of carbonyl (C=O) groups is 2. The van der Waals surface area contributed by atoms with E-state index >= 15 is 0 Å². The fourth-order valence-electron chi connectivity index (χ4n) is 3.88. The van der Waals surface area contributed by atoms with Gasteiger partial charge >= 0.3 is 0 Å². The molecule has 7 heteroatoms. The van der Waals surface area contributed by atoms with Crippen molar-refractivity contribution in [3.05, 3.63) is 58.6 Å². The van der Waals surface area contributed by atoms with Gasteiger partial charge in [0, 0.05) is 28.4 Å². The maximum atomic E-state index is 12.3. The third-order valence-electron chi connectivity index (χ3n) is 5.39. The summed E-state index contributed by atoms with van der Waals surface area (Å²) >= 11 is 6.09. The molecule has 1 saturated carbocycles.